The summed E-state index contributed by atoms with van der Waals surface area (Å²) in [6.07, 6.45) is 6.66. The summed E-state index contributed by atoms with van der Waals surface area (Å²) in [5.74, 6) is 1.03. The second-order valence-corrected chi connectivity index (χ2v) is 12.2. The highest BCUT2D eigenvalue weighted by Gasteiger charge is 2.29. The van der Waals surface area contributed by atoms with Gasteiger partial charge in [0.05, 0.1) is 30.8 Å². The maximum Gasteiger partial charge on any atom is 0.318 e. The maximum atomic E-state index is 6.34. The first-order chi connectivity index (χ1) is 21.6. The third-order valence-corrected chi connectivity index (χ3v) is 9.34. The van der Waals surface area contributed by atoms with E-state index in [0.29, 0.717) is 25.2 Å². The first-order valence-corrected chi connectivity index (χ1v) is 15.8. The second-order valence-electron chi connectivity index (χ2n) is 12.2. The zero-order valence-corrected chi connectivity index (χ0v) is 25.7. The van der Waals surface area contributed by atoms with Crippen LogP contribution in [0.5, 0.6) is 6.01 Å². The number of piperidine rings is 1. The Morgan fingerprint density at radius 1 is 1.00 bits per heavy atom. The summed E-state index contributed by atoms with van der Waals surface area (Å²) >= 11 is 0. The van der Waals surface area contributed by atoms with E-state index in [-0.39, 0.29) is 6.04 Å². The fourth-order valence-corrected chi connectivity index (χ4v) is 6.81. The molecule has 3 aliphatic heterocycles. The molecule has 0 bridgehead atoms. The smallest absolute Gasteiger partial charge is 0.318 e. The van der Waals surface area contributed by atoms with E-state index in [1.165, 1.54) is 34.0 Å². The van der Waals surface area contributed by atoms with Gasteiger partial charge in [-0.15, -0.1) is 0 Å². The highest BCUT2D eigenvalue weighted by atomic mass is 16.5. The van der Waals surface area contributed by atoms with Gasteiger partial charge in [0.25, 0.3) is 0 Å². The monoisotopic (exact) mass is 592 g/mol. The Hall–Kier alpha value is -4.27. The summed E-state index contributed by atoms with van der Waals surface area (Å²) in [6, 6.07) is 18.9. The van der Waals surface area contributed by atoms with Crippen molar-refractivity contribution in [3.63, 3.8) is 0 Å². The number of aliphatic imine (C=N–C) groups is 2. The van der Waals surface area contributed by atoms with Gasteiger partial charge in [0.1, 0.15) is 24.4 Å². The largest absolute Gasteiger partial charge is 0.462 e. The summed E-state index contributed by atoms with van der Waals surface area (Å²) in [5.41, 5.74) is 5.67. The predicted octanol–water partition coefficient (Wildman–Crippen LogP) is 5.30. The van der Waals surface area contributed by atoms with Gasteiger partial charge in [-0.25, -0.2) is 9.98 Å². The van der Waals surface area contributed by atoms with Crippen LogP contribution in [-0.4, -0.2) is 78.0 Å². The van der Waals surface area contributed by atoms with E-state index in [4.69, 9.17) is 19.2 Å². The molecule has 44 heavy (non-hydrogen) atoms. The molecule has 228 valence electrons. The summed E-state index contributed by atoms with van der Waals surface area (Å²) < 4.78 is 11.2. The molecule has 10 nitrogen and oxygen atoms in total. The lowest BCUT2D eigenvalue weighted by Crippen LogP contribution is -2.39. The van der Waals surface area contributed by atoms with E-state index in [9.17, 15) is 0 Å². The number of aromatic nitrogens is 3. The minimum atomic E-state index is 0.198. The van der Waals surface area contributed by atoms with Gasteiger partial charge in [0.2, 0.25) is 0 Å². The highest BCUT2D eigenvalue weighted by Crippen LogP contribution is 2.36. The van der Waals surface area contributed by atoms with Crippen LogP contribution < -0.4 is 14.5 Å². The van der Waals surface area contributed by atoms with Crippen LogP contribution in [0.2, 0.25) is 0 Å². The summed E-state index contributed by atoms with van der Waals surface area (Å²) in [4.78, 5) is 26.2. The number of aryl methyl sites for hydroxylation is 1. The Balaban J connectivity index is 1.12. The molecule has 1 atom stereocenters. The van der Waals surface area contributed by atoms with Crippen LogP contribution >= 0.6 is 0 Å². The third kappa shape index (κ3) is 6.05. The predicted molar refractivity (Wildman–Crippen MR) is 172 cm³/mol. The van der Waals surface area contributed by atoms with E-state index in [1.807, 2.05) is 0 Å². The number of likely N-dealkylation sites (tertiary alicyclic amines) is 1. The van der Waals surface area contributed by atoms with Crippen LogP contribution in [0.3, 0.4) is 0 Å². The third-order valence-electron chi connectivity index (χ3n) is 9.34. The molecule has 0 amide bonds. The zero-order valence-electron chi connectivity index (χ0n) is 25.7. The molecule has 0 spiro atoms. The molecule has 10 heteroatoms. The van der Waals surface area contributed by atoms with Crippen molar-refractivity contribution >= 4 is 28.3 Å². The number of benzene rings is 2. The quantitative estimate of drug-likeness (QED) is 0.254. The number of hydrogen-bond donors (Lipinski definition) is 0. The molecule has 3 aliphatic rings. The second kappa shape index (κ2) is 12.8. The normalized spacial score (nSPS) is 19.2. The Kier molecular flexibility index (Phi) is 8.27. The number of likely N-dealkylation sites (N-methyl/N-ethyl adjacent to an activating group) is 1. The average Bonchev–Trinajstić information content (AvgIpc) is 3.73. The molecule has 0 N–H and O–H groups in total. The minimum Gasteiger partial charge on any atom is -0.462 e. The molecule has 2 fully saturated rings. The van der Waals surface area contributed by atoms with E-state index in [0.717, 1.165) is 75.6 Å². The van der Waals surface area contributed by atoms with Gasteiger partial charge in [-0.2, -0.15) is 9.97 Å². The first-order valence-electron chi connectivity index (χ1n) is 15.8. The van der Waals surface area contributed by atoms with Gasteiger partial charge in [-0.3, -0.25) is 0 Å². The molecular weight excluding hydrogens is 552 g/mol. The molecule has 2 aromatic carbocycles. The lowest BCUT2D eigenvalue weighted by Gasteiger charge is -2.36. The number of rotatable bonds is 8. The molecular formula is C34H40N8O2. The van der Waals surface area contributed by atoms with Crippen LogP contribution in [-0.2, 0) is 19.5 Å². The van der Waals surface area contributed by atoms with Crippen LogP contribution in [0.1, 0.15) is 48.2 Å². The van der Waals surface area contributed by atoms with Gasteiger partial charge in [0.15, 0.2) is 0 Å². The van der Waals surface area contributed by atoms with Crippen LogP contribution in [0, 0.1) is 6.92 Å². The fourth-order valence-electron chi connectivity index (χ4n) is 6.81. The zero-order chi connectivity index (χ0) is 29.9. The van der Waals surface area contributed by atoms with Crippen LogP contribution in [0.25, 0.3) is 10.8 Å². The standard InChI is InChI=1S/C34H40N8O2/c1-24-6-3-7-25-8-4-10-31(32(24)25)42-18-13-29-30(21-42)37-34(43-22-28-9-5-15-40(28)2)38-33(29)41-16-11-26(12-17-41)36-23-35-20-27-14-19-44-39-27/h3-4,6-8,10,14,19,26,28H,5,9,11-13,15-18,20-22H2,1-2H3/t28-/m0/s1. The topological polar surface area (TPSA) is 95.5 Å². The van der Waals surface area contributed by atoms with Crippen LogP contribution in [0.4, 0.5) is 11.5 Å². The molecule has 0 radical (unpaired) electrons. The Labute approximate surface area is 258 Å². The molecule has 4 aromatic rings. The Morgan fingerprint density at radius 3 is 2.66 bits per heavy atom. The number of hydrogen-bond acceptors (Lipinski definition) is 10. The average molecular weight is 593 g/mol. The van der Waals surface area contributed by atoms with Crippen molar-refractivity contribution in [2.24, 2.45) is 9.98 Å². The Morgan fingerprint density at radius 2 is 1.86 bits per heavy atom. The van der Waals surface area contributed by atoms with Crippen molar-refractivity contribution in [3.05, 3.63) is 71.2 Å². The minimum absolute atomic E-state index is 0.198. The first kappa shape index (κ1) is 28.5. The van der Waals surface area contributed by atoms with Gasteiger partial charge in [-0.05, 0) is 69.6 Å². The SMILES string of the molecule is Cc1cccc2cccc(N3CCc4c(nc(OC[C@@H]5CCCN5C)nc4N4CCC(N=C=NCc5ccon5)CC4)C3)c12. The van der Waals surface area contributed by atoms with Crippen molar-refractivity contribution in [2.75, 3.05) is 49.6 Å². The summed E-state index contributed by atoms with van der Waals surface area (Å²) in [7, 11) is 2.18. The van der Waals surface area contributed by atoms with Gasteiger partial charge >= 0.3 is 6.01 Å². The van der Waals surface area contributed by atoms with Crippen molar-refractivity contribution in [1.29, 1.82) is 0 Å². The van der Waals surface area contributed by atoms with E-state index < -0.39 is 0 Å². The van der Waals surface area contributed by atoms with E-state index in [2.05, 4.69) is 86.2 Å². The number of ether oxygens (including phenoxy) is 1. The summed E-state index contributed by atoms with van der Waals surface area (Å²) in [5, 5.41) is 6.47. The van der Waals surface area contributed by atoms with Gasteiger partial charge in [-0.1, -0.05) is 35.5 Å². The Bertz CT molecular complexity index is 1650. The fraction of sp³-hybridized carbons (Fsp3) is 0.471. The van der Waals surface area contributed by atoms with E-state index >= 15 is 0 Å². The molecule has 0 aliphatic carbocycles. The molecule has 0 saturated carbocycles. The van der Waals surface area contributed by atoms with Crippen molar-refractivity contribution < 1.29 is 9.26 Å². The van der Waals surface area contributed by atoms with Crippen molar-refractivity contribution in [2.45, 2.75) is 64.2 Å². The van der Waals surface area contributed by atoms with Crippen LogP contribution in [0.15, 0.2) is 63.2 Å². The molecule has 2 saturated heterocycles. The number of fused-ring (bicyclic) bond motifs is 2. The highest BCUT2D eigenvalue weighted by molar-refractivity contribution is 5.97. The van der Waals surface area contributed by atoms with Gasteiger partial charge in [0, 0.05) is 48.4 Å². The number of anilines is 2. The molecule has 7 rings (SSSR count). The molecule has 2 aromatic heterocycles. The molecule has 0 unspecified atom stereocenters. The number of nitrogens with zero attached hydrogens (tertiary/aromatic N) is 8. The van der Waals surface area contributed by atoms with E-state index in [1.54, 1.807) is 12.3 Å². The van der Waals surface area contributed by atoms with Gasteiger partial charge < -0.3 is 24.0 Å². The summed E-state index contributed by atoms with van der Waals surface area (Å²) in [6.45, 7) is 7.77. The molecule has 5 heterocycles. The lowest BCUT2D eigenvalue weighted by molar-refractivity contribution is 0.187. The van der Waals surface area contributed by atoms with Crippen molar-refractivity contribution in [3.8, 4) is 6.01 Å². The lowest BCUT2D eigenvalue weighted by atomic mass is 9.99. The maximum absolute atomic E-state index is 6.34. The van der Waals surface area contributed by atoms with Crippen molar-refractivity contribution in [1.82, 2.24) is 20.0 Å².